The zero-order chi connectivity index (χ0) is 17.9. The summed E-state index contributed by atoms with van der Waals surface area (Å²) in [5, 5.41) is 14.2. The summed E-state index contributed by atoms with van der Waals surface area (Å²) in [6.45, 7) is 2.58. The summed E-state index contributed by atoms with van der Waals surface area (Å²) in [4.78, 5) is 19.1. The predicted molar refractivity (Wildman–Crippen MR) is 94.6 cm³/mol. The van der Waals surface area contributed by atoms with Crippen molar-refractivity contribution in [2.75, 3.05) is 11.4 Å². The fraction of sp³-hybridized carbons (Fsp3) is 0.368. The highest BCUT2D eigenvalue weighted by Crippen LogP contribution is 2.54. The van der Waals surface area contributed by atoms with Crippen molar-refractivity contribution in [1.29, 1.82) is 5.26 Å². The lowest BCUT2D eigenvalue weighted by Gasteiger charge is -2.23. The molecule has 0 radical (unpaired) electrons. The van der Waals surface area contributed by atoms with Crippen molar-refractivity contribution in [1.82, 2.24) is 19.2 Å². The number of nitriles is 1. The first-order valence-corrected chi connectivity index (χ1v) is 8.84. The van der Waals surface area contributed by atoms with E-state index >= 15 is 0 Å². The molecule has 2 atom stereocenters. The molecular weight excluding hydrogens is 328 g/mol. The Morgan fingerprint density at radius 3 is 2.88 bits per heavy atom. The Hall–Kier alpha value is -3.14. The fourth-order valence-corrected chi connectivity index (χ4v) is 4.28. The molecule has 2 aliphatic rings. The maximum absolute atomic E-state index is 13.3. The molecule has 3 aromatic rings. The van der Waals surface area contributed by atoms with Crippen LogP contribution in [0.2, 0.25) is 0 Å². The van der Waals surface area contributed by atoms with Crippen molar-refractivity contribution in [3.8, 4) is 11.8 Å². The van der Waals surface area contributed by atoms with Crippen LogP contribution in [0.25, 0.3) is 11.2 Å². The minimum atomic E-state index is -0.875. The van der Waals surface area contributed by atoms with Gasteiger partial charge in [-0.1, -0.05) is 6.92 Å². The Balaban J connectivity index is 1.62. The van der Waals surface area contributed by atoms with Crippen LogP contribution in [0.5, 0.6) is 0 Å². The van der Waals surface area contributed by atoms with Crippen LogP contribution in [-0.2, 0) is 4.79 Å². The van der Waals surface area contributed by atoms with Gasteiger partial charge in [0.2, 0.25) is 5.91 Å². The van der Waals surface area contributed by atoms with E-state index in [0.29, 0.717) is 6.54 Å². The second-order valence-corrected chi connectivity index (χ2v) is 7.29. The first kappa shape index (κ1) is 15.1. The standard InChI is InChI=1S/C19H18N6O/c1-13-9-24(18(26)19(13,11-20)14-2-3-14)16-4-5-22-25-10-15(8-17(16)25)23-7-6-21-12-23/h4-8,10,12-14H,2-3,9H2,1H3/t13-,19+/m1/s1. The Morgan fingerprint density at radius 1 is 1.35 bits per heavy atom. The number of carbonyl (C=O) groups is 1. The van der Waals surface area contributed by atoms with E-state index in [0.717, 1.165) is 29.7 Å². The van der Waals surface area contributed by atoms with Crippen LogP contribution in [0.1, 0.15) is 19.8 Å². The van der Waals surface area contributed by atoms with Crippen LogP contribution in [0, 0.1) is 28.6 Å². The molecule has 7 heteroatoms. The number of anilines is 1. The molecule has 5 rings (SSSR count). The minimum Gasteiger partial charge on any atom is -0.309 e. The molecule has 7 nitrogen and oxygen atoms in total. The number of amides is 1. The van der Waals surface area contributed by atoms with Crippen molar-refractivity contribution >= 4 is 17.1 Å². The van der Waals surface area contributed by atoms with Crippen LogP contribution in [0.15, 0.2) is 43.2 Å². The Labute approximate surface area is 150 Å². The SMILES string of the molecule is C[C@@H]1CN(c2ccnn3cc(-n4ccnc4)cc23)C(=O)[C@]1(C#N)C1CC1. The van der Waals surface area contributed by atoms with Crippen LogP contribution in [-0.4, -0.2) is 31.6 Å². The van der Waals surface area contributed by atoms with E-state index in [2.05, 4.69) is 16.2 Å². The van der Waals surface area contributed by atoms with Crippen LogP contribution < -0.4 is 4.90 Å². The van der Waals surface area contributed by atoms with E-state index in [1.807, 2.05) is 36.0 Å². The molecular formula is C19H18N6O. The molecule has 1 amide bonds. The molecule has 130 valence electrons. The molecule has 0 bridgehead atoms. The van der Waals surface area contributed by atoms with Gasteiger partial charge >= 0.3 is 0 Å². The van der Waals surface area contributed by atoms with Gasteiger partial charge < -0.3 is 9.47 Å². The molecule has 0 aromatic carbocycles. The highest BCUT2D eigenvalue weighted by atomic mass is 16.2. The highest BCUT2D eigenvalue weighted by molar-refractivity contribution is 6.05. The number of aromatic nitrogens is 4. The van der Waals surface area contributed by atoms with Gasteiger partial charge in [-0.05, 0) is 30.9 Å². The summed E-state index contributed by atoms with van der Waals surface area (Å²) in [5.41, 5.74) is 1.71. The van der Waals surface area contributed by atoms with Crippen LogP contribution in [0.3, 0.4) is 0 Å². The van der Waals surface area contributed by atoms with E-state index in [1.54, 1.807) is 28.1 Å². The molecule has 0 N–H and O–H groups in total. The minimum absolute atomic E-state index is 0.0174. The molecule has 1 aliphatic carbocycles. The lowest BCUT2D eigenvalue weighted by atomic mass is 9.75. The van der Waals surface area contributed by atoms with Crippen LogP contribution >= 0.6 is 0 Å². The van der Waals surface area contributed by atoms with Gasteiger partial charge in [0.15, 0.2) is 0 Å². The molecule has 26 heavy (non-hydrogen) atoms. The molecule has 3 aromatic heterocycles. The van der Waals surface area contributed by atoms with E-state index in [9.17, 15) is 10.1 Å². The molecule has 2 fully saturated rings. The summed E-state index contributed by atoms with van der Waals surface area (Å²) < 4.78 is 3.67. The van der Waals surface area contributed by atoms with Gasteiger partial charge in [0.25, 0.3) is 0 Å². The van der Waals surface area contributed by atoms with Crippen molar-refractivity contribution in [2.24, 2.45) is 17.3 Å². The van der Waals surface area contributed by atoms with Crippen molar-refractivity contribution < 1.29 is 4.79 Å². The summed E-state index contributed by atoms with van der Waals surface area (Å²) in [6.07, 6.45) is 10.9. The Morgan fingerprint density at radius 2 is 2.19 bits per heavy atom. The van der Waals surface area contributed by atoms with Gasteiger partial charge in [0, 0.05) is 31.1 Å². The summed E-state index contributed by atoms with van der Waals surface area (Å²) in [7, 11) is 0. The largest absolute Gasteiger partial charge is 0.309 e. The average molecular weight is 346 g/mol. The Kier molecular flexibility index (Phi) is 3.02. The van der Waals surface area contributed by atoms with E-state index < -0.39 is 5.41 Å². The van der Waals surface area contributed by atoms with Gasteiger partial charge in [0.1, 0.15) is 5.41 Å². The number of hydrogen-bond acceptors (Lipinski definition) is 4. The Bertz CT molecular complexity index is 1040. The van der Waals surface area contributed by atoms with Gasteiger partial charge in [0.05, 0.1) is 35.5 Å². The number of imidazole rings is 1. The smallest absolute Gasteiger partial charge is 0.248 e. The van der Waals surface area contributed by atoms with Gasteiger partial charge in [-0.25, -0.2) is 9.50 Å². The highest BCUT2D eigenvalue weighted by Gasteiger charge is 2.61. The van der Waals surface area contributed by atoms with Gasteiger partial charge in [-0.15, -0.1) is 0 Å². The molecule has 1 saturated heterocycles. The molecule has 1 saturated carbocycles. The van der Waals surface area contributed by atoms with Crippen molar-refractivity contribution in [3.05, 3.63) is 43.2 Å². The lowest BCUT2D eigenvalue weighted by molar-refractivity contribution is -0.124. The average Bonchev–Trinajstić information content (AvgIpc) is 3.09. The molecule has 0 unspecified atom stereocenters. The topological polar surface area (TPSA) is 79.2 Å². The van der Waals surface area contributed by atoms with Gasteiger partial charge in [-0.2, -0.15) is 10.4 Å². The number of hydrogen-bond donors (Lipinski definition) is 0. The van der Waals surface area contributed by atoms with E-state index in [-0.39, 0.29) is 17.7 Å². The lowest BCUT2D eigenvalue weighted by Crippen LogP contribution is -2.37. The first-order chi connectivity index (χ1) is 12.6. The van der Waals surface area contributed by atoms with E-state index in [1.165, 1.54) is 0 Å². The van der Waals surface area contributed by atoms with E-state index in [4.69, 9.17) is 0 Å². The fourth-order valence-electron chi connectivity index (χ4n) is 4.28. The zero-order valence-electron chi connectivity index (χ0n) is 14.4. The molecule has 4 heterocycles. The van der Waals surface area contributed by atoms with Crippen molar-refractivity contribution in [3.63, 3.8) is 0 Å². The normalized spacial score (nSPS) is 25.8. The van der Waals surface area contributed by atoms with Gasteiger partial charge in [-0.3, -0.25) is 4.79 Å². The number of rotatable bonds is 3. The number of carbonyl (C=O) groups excluding carboxylic acids is 1. The second-order valence-electron chi connectivity index (χ2n) is 7.29. The van der Waals surface area contributed by atoms with Crippen LogP contribution in [0.4, 0.5) is 5.69 Å². The third-order valence-electron chi connectivity index (χ3n) is 5.80. The number of fused-ring (bicyclic) bond motifs is 1. The maximum atomic E-state index is 13.3. The summed E-state index contributed by atoms with van der Waals surface area (Å²) >= 11 is 0. The third kappa shape index (κ3) is 1.90. The third-order valence-corrected chi connectivity index (χ3v) is 5.80. The van der Waals surface area contributed by atoms with Crippen molar-refractivity contribution in [2.45, 2.75) is 19.8 Å². The summed E-state index contributed by atoms with van der Waals surface area (Å²) in [5.74, 6) is 0.156. The zero-order valence-corrected chi connectivity index (χ0v) is 14.4. The molecule has 1 aliphatic heterocycles. The first-order valence-electron chi connectivity index (χ1n) is 8.84. The maximum Gasteiger partial charge on any atom is 0.248 e. The monoisotopic (exact) mass is 346 g/mol. The second kappa shape index (κ2) is 5.18. The molecule has 0 spiro atoms. The number of nitrogens with zero attached hydrogens (tertiary/aromatic N) is 6. The quantitative estimate of drug-likeness (QED) is 0.729. The summed E-state index contributed by atoms with van der Waals surface area (Å²) in [6, 6.07) is 6.24. The predicted octanol–water partition coefficient (Wildman–Crippen LogP) is 2.42.